The number of Topliss-reactive ketones (excluding diaryl/α,β-unsaturated/α-hetero) is 1. The number of rotatable bonds is 4. The third-order valence-electron chi connectivity index (χ3n) is 7.38. The lowest BCUT2D eigenvalue weighted by atomic mass is 9.64. The highest BCUT2D eigenvalue weighted by Gasteiger charge is 2.72. The minimum atomic E-state index is -3.60. The molecule has 0 spiro atoms. The van der Waals surface area contributed by atoms with Gasteiger partial charge in [-0.05, 0) is 42.9 Å². The van der Waals surface area contributed by atoms with Crippen molar-refractivity contribution >= 4 is 27.4 Å². The maximum atomic E-state index is 13.3. The molecule has 1 amide bonds. The summed E-state index contributed by atoms with van der Waals surface area (Å²) in [5.74, 6) is -0.0425. The van der Waals surface area contributed by atoms with Crippen LogP contribution >= 0.6 is 0 Å². The summed E-state index contributed by atoms with van der Waals surface area (Å²) >= 11 is 0. The Morgan fingerprint density at radius 1 is 1.15 bits per heavy atom. The largest absolute Gasteiger partial charge is 0.325 e. The summed E-state index contributed by atoms with van der Waals surface area (Å²) in [6.07, 6.45) is 1.63. The highest BCUT2D eigenvalue weighted by Crippen LogP contribution is 2.70. The van der Waals surface area contributed by atoms with E-state index < -0.39 is 26.3 Å². The zero-order chi connectivity index (χ0) is 20.4. The molecule has 0 aliphatic heterocycles. The molecule has 2 atom stereocenters. The standard InChI is InChI=1S/C20H28N2O4S/c1-13-7-8-14(27(25,26)22(5)6)11-15(13)21-17(24)20-10-9-19(4,16(23)12-20)18(20,2)3/h7-8,11H,9-10,12H2,1-6H3,(H,21,24)/t19-,20+/m1/s1. The fraction of sp³-hybridized carbons (Fsp3) is 0.600. The van der Waals surface area contributed by atoms with Gasteiger partial charge in [-0.2, -0.15) is 0 Å². The minimum Gasteiger partial charge on any atom is -0.325 e. The number of carbonyl (C=O) groups is 2. The number of hydrogen-bond acceptors (Lipinski definition) is 4. The van der Waals surface area contributed by atoms with Crippen molar-refractivity contribution in [3.05, 3.63) is 23.8 Å². The molecule has 2 fully saturated rings. The second-order valence-electron chi connectivity index (χ2n) is 8.86. The van der Waals surface area contributed by atoms with Crippen LogP contribution in [-0.4, -0.2) is 38.5 Å². The number of anilines is 1. The van der Waals surface area contributed by atoms with Crippen LogP contribution in [0.3, 0.4) is 0 Å². The number of ketones is 1. The molecule has 27 heavy (non-hydrogen) atoms. The van der Waals surface area contributed by atoms with Gasteiger partial charge in [0.25, 0.3) is 0 Å². The van der Waals surface area contributed by atoms with E-state index in [1.165, 1.54) is 26.2 Å². The highest BCUT2D eigenvalue weighted by molar-refractivity contribution is 7.89. The smallest absolute Gasteiger partial charge is 0.242 e. The van der Waals surface area contributed by atoms with Crippen molar-refractivity contribution in [2.75, 3.05) is 19.4 Å². The number of amides is 1. The van der Waals surface area contributed by atoms with E-state index in [-0.39, 0.29) is 23.0 Å². The molecule has 1 N–H and O–H groups in total. The van der Waals surface area contributed by atoms with Gasteiger partial charge in [0.2, 0.25) is 15.9 Å². The Labute approximate surface area is 161 Å². The predicted octanol–water partition coefficient (Wildman–Crippen LogP) is 2.97. The number of aryl methyl sites for hydroxylation is 1. The molecule has 148 valence electrons. The topological polar surface area (TPSA) is 83.6 Å². The van der Waals surface area contributed by atoms with Crippen LogP contribution in [0.5, 0.6) is 0 Å². The molecule has 2 bridgehead atoms. The summed E-state index contributed by atoms with van der Waals surface area (Å²) in [6.45, 7) is 7.80. The molecule has 2 saturated carbocycles. The monoisotopic (exact) mass is 392 g/mol. The van der Waals surface area contributed by atoms with Gasteiger partial charge in [-0.1, -0.05) is 26.8 Å². The first-order valence-electron chi connectivity index (χ1n) is 9.17. The van der Waals surface area contributed by atoms with Gasteiger partial charge < -0.3 is 5.32 Å². The molecule has 1 aromatic rings. The second kappa shape index (κ2) is 5.88. The normalized spacial score (nSPS) is 29.4. The summed E-state index contributed by atoms with van der Waals surface area (Å²) < 4.78 is 26.0. The van der Waals surface area contributed by atoms with Gasteiger partial charge in [-0.3, -0.25) is 9.59 Å². The van der Waals surface area contributed by atoms with Crippen LogP contribution in [0.15, 0.2) is 23.1 Å². The van der Waals surface area contributed by atoms with E-state index in [4.69, 9.17) is 0 Å². The van der Waals surface area contributed by atoms with Crippen LogP contribution in [0.1, 0.15) is 45.6 Å². The van der Waals surface area contributed by atoms with Gasteiger partial charge in [0.15, 0.2) is 0 Å². The van der Waals surface area contributed by atoms with Gasteiger partial charge in [-0.15, -0.1) is 0 Å². The summed E-state index contributed by atoms with van der Waals surface area (Å²) in [5, 5.41) is 2.94. The van der Waals surface area contributed by atoms with Gasteiger partial charge in [0.05, 0.1) is 10.3 Å². The number of nitrogens with zero attached hydrogens (tertiary/aromatic N) is 1. The maximum absolute atomic E-state index is 13.3. The zero-order valence-corrected chi connectivity index (χ0v) is 17.7. The molecule has 0 unspecified atom stereocenters. The van der Waals surface area contributed by atoms with Crippen LogP contribution in [0.25, 0.3) is 0 Å². The van der Waals surface area contributed by atoms with Crippen LogP contribution in [0, 0.1) is 23.2 Å². The average Bonchev–Trinajstić information content (AvgIpc) is 2.86. The van der Waals surface area contributed by atoms with Crippen molar-refractivity contribution in [3.8, 4) is 0 Å². The van der Waals surface area contributed by atoms with Gasteiger partial charge >= 0.3 is 0 Å². The van der Waals surface area contributed by atoms with Gasteiger partial charge in [0, 0.05) is 31.6 Å². The van der Waals surface area contributed by atoms with Crippen LogP contribution in [-0.2, 0) is 19.6 Å². The first-order chi connectivity index (χ1) is 12.3. The first kappa shape index (κ1) is 20.0. The number of benzene rings is 1. The molecular weight excluding hydrogens is 364 g/mol. The average molecular weight is 393 g/mol. The molecule has 2 aliphatic rings. The zero-order valence-electron chi connectivity index (χ0n) is 16.8. The van der Waals surface area contributed by atoms with Crippen LogP contribution in [0.4, 0.5) is 5.69 Å². The molecule has 1 aromatic carbocycles. The number of nitrogens with one attached hydrogen (secondary N) is 1. The Hall–Kier alpha value is -1.73. The molecule has 0 aromatic heterocycles. The Morgan fingerprint density at radius 3 is 2.26 bits per heavy atom. The Morgan fingerprint density at radius 2 is 1.78 bits per heavy atom. The second-order valence-corrected chi connectivity index (χ2v) is 11.0. The third kappa shape index (κ3) is 2.51. The third-order valence-corrected chi connectivity index (χ3v) is 9.19. The Kier molecular flexibility index (Phi) is 4.36. The van der Waals surface area contributed by atoms with Crippen molar-refractivity contribution < 1.29 is 18.0 Å². The molecule has 0 saturated heterocycles. The van der Waals surface area contributed by atoms with E-state index in [9.17, 15) is 18.0 Å². The van der Waals surface area contributed by atoms with Crippen molar-refractivity contribution in [1.82, 2.24) is 4.31 Å². The van der Waals surface area contributed by atoms with Gasteiger partial charge in [0.1, 0.15) is 5.78 Å². The number of fused-ring (bicyclic) bond motifs is 2. The summed E-state index contributed by atoms with van der Waals surface area (Å²) in [4.78, 5) is 26.0. The number of hydrogen-bond donors (Lipinski definition) is 1. The van der Waals surface area contributed by atoms with E-state index >= 15 is 0 Å². The van der Waals surface area contributed by atoms with E-state index in [0.29, 0.717) is 18.5 Å². The van der Waals surface area contributed by atoms with Crippen LogP contribution in [0.2, 0.25) is 0 Å². The summed E-state index contributed by atoms with van der Waals surface area (Å²) in [5.41, 5.74) is -0.416. The van der Waals surface area contributed by atoms with E-state index in [1.807, 2.05) is 27.7 Å². The fourth-order valence-corrected chi connectivity index (χ4v) is 5.64. The molecular formula is C20H28N2O4S. The quantitative estimate of drug-likeness (QED) is 0.854. The van der Waals surface area contributed by atoms with E-state index in [0.717, 1.165) is 9.87 Å². The number of sulfonamides is 1. The fourth-order valence-electron chi connectivity index (χ4n) is 4.71. The summed E-state index contributed by atoms with van der Waals surface area (Å²) in [7, 11) is -0.656. The predicted molar refractivity (Wildman–Crippen MR) is 104 cm³/mol. The molecule has 0 heterocycles. The molecule has 7 heteroatoms. The SMILES string of the molecule is Cc1ccc(S(=O)(=O)N(C)C)cc1NC(=O)[C@]12CC[C@](C)(C(=O)C1)C2(C)C. The van der Waals surface area contributed by atoms with E-state index in [1.54, 1.807) is 6.07 Å². The summed E-state index contributed by atoms with van der Waals surface area (Å²) in [6, 6.07) is 4.72. The first-order valence-corrected chi connectivity index (χ1v) is 10.6. The molecule has 6 nitrogen and oxygen atoms in total. The Bertz CT molecular complexity index is 935. The van der Waals surface area contributed by atoms with Gasteiger partial charge in [-0.25, -0.2) is 12.7 Å². The highest BCUT2D eigenvalue weighted by atomic mass is 32.2. The lowest BCUT2D eigenvalue weighted by Gasteiger charge is -2.38. The lowest BCUT2D eigenvalue weighted by Crippen LogP contribution is -2.43. The van der Waals surface area contributed by atoms with Crippen molar-refractivity contribution in [2.24, 2.45) is 16.2 Å². The van der Waals surface area contributed by atoms with Crippen LogP contribution < -0.4 is 5.32 Å². The molecule has 2 aliphatic carbocycles. The Balaban J connectivity index is 1.97. The van der Waals surface area contributed by atoms with Crippen molar-refractivity contribution in [3.63, 3.8) is 0 Å². The van der Waals surface area contributed by atoms with E-state index in [2.05, 4.69) is 5.32 Å². The molecule has 3 rings (SSSR count). The van der Waals surface area contributed by atoms with Crippen molar-refractivity contribution in [1.29, 1.82) is 0 Å². The van der Waals surface area contributed by atoms with Crippen molar-refractivity contribution in [2.45, 2.75) is 51.9 Å². The molecule has 0 radical (unpaired) electrons. The maximum Gasteiger partial charge on any atom is 0.242 e. The lowest BCUT2D eigenvalue weighted by molar-refractivity contribution is -0.131. The number of carbonyl (C=O) groups excluding carboxylic acids is 2. The minimum absolute atomic E-state index is 0.129.